The summed E-state index contributed by atoms with van der Waals surface area (Å²) in [6, 6.07) is 11.0. The Kier molecular flexibility index (Phi) is 6.76. The van der Waals surface area contributed by atoms with Crippen molar-refractivity contribution in [2.45, 2.75) is 24.7 Å². The highest BCUT2D eigenvalue weighted by Crippen LogP contribution is 2.44. The van der Waals surface area contributed by atoms with Gasteiger partial charge in [-0.15, -0.1) is 0 Å². The van der Waals surface area contributed by atoms with Gasteiger partial charge in [-0.25, -0.2) is 0 Å². The van der Waals surface area contributed by atoms with E-state index < -0.39 is 11.3 Å². The normalized spacial score (nSPS) is 15.4. The number of nitrogens with zero attached hydrogens (tertiary/aromatic N) is 2. The number of hydrogen-bond acceptors (Lipinski definition) is 4. The van der Waals surface area contributed by atoms with Gasteiger partial charge in [-0.2, -0.15) is 4.99 Å². The van der Waals surface area contributed by atoms with Crippen molar-refractivity contribution >= 4 is 33.6 Å². The summed E-state index contributed by atoms with van der Waals surface area (Å²) in [6.07, 6.45) is 4.10. The van der Waals surface area contributed by atoms with Gasteiger partial charge >= 0.3 is 0 Å². The Morgan fingerprint density at radius 1 is 1.24 bits per heavy atom. The molecule has 1 fully saturated rings. The highest BCUT2D eigenvalue weighted by molar-refractivity contribution is 9.10. The molecule has 0 radical (unpaired) electrons. The predicted octanol–water partition coefficient (Wildman–Crippen LogP) is 2.84. The summed E-state index contributed by atoms with van der Waals surface area (Å²) >= 11 is 3.44. The first-order valence-electron chi connectivity index (χ1n) is 9.34. The third-order valence-corrected chi connectivity index (χ3v) is 5.68. The van der Waals surface area contributed by atoms with E-state index >= 15 is 0 Å². The van der Waals surface area contributed by atoms with Crippen molar-refractivity contribution < 1.29 is 14.3 Å². The average molecular weight is 459 g/mol. The summed E-state index contributed by atoms with van der Waals surface area (Å²) in [6.45, 7) is 0.799. The van der Waals surface area contributed by atoms with Crippen LogP contribution in [0.25, 0.3) is 0 Å². The van der Waals surface area contributed by atoms with Crippen LogP contribution in [0.4, 0.5) is 0 Å². The fourth-order valence-electron chi connectivity index (χ4n) is 3.28. The van der Waals surface area contributed by atoms with E-state index in [0.717, 1.165) is 29.3 Å². The Bertz CT molecular complexity index is 907. The zero-order chi connectivity index (χ0) is 20.9. The number of pyridine rings is 1. The second-order valence-electron chi connectivity index (χ2n) is 6.93. The molecule has 1 aliphatic rings. The molecule has 8 heteroatoms. The Morgan fingerprint density at radius 2 is 1.97 bits per heavy atom. The summed E-state index contributed by atoms with van der Waals surface area (Å²) < 4.78 is 5.87. The standard InChI is InChI=1S/C21H23BrN4O3/c1-29-12-11-24-19(28)17-8-3-14(13-25-17)18(27)26-20(23)21(9-2-10-21)15-4-6-16(22)7-5-15/h3-8,13H,2,9-12H2,1H3,(H,24,28)(H2,23,26,27). The summed E-state index contributed by atoms with van der Waals surface area (Å²) in [7, 11) is 1.56. The maximum atomic E-state index is 12.6. The van der Waals surface area contributed by atoms with Crippen LogP contribution in [0.3, 0.4) is 0 Å². The molecule has 0 spiro atoms. The van der Waals surface area contributed by atoms with Crippen LogP contribution in [0.1, 0.15) is 45.7 Å². The van der Waals surface area contributed by atoms with E-state index in [1.54, 1.807) is 7.11 Å². The largest absolute Gasteiger partial charge is 0.386 e. The number of methoxy groups -OCH3 is 1. The lowest BCUT2D eigenvalue weighted by Gasteiger charge is -2.41. The molecule has 2 aromatic rings. The van der Waals surface area contributed by atoms with Crippen molar-refractivity contribution in [3.8, 4) is 0 Å². The number of nitrogens with two attached hydrogens (primary N) is 1. The predicted molar refractivity (Wildman–Crippen MR) is 114 cm³/mol. The van der Waals surface area contributed by atoms with Crippen molar-refractivity contribution in [2.24, 2.45) is 10.7 Å². The van der Waals surface area contributed by atoms with E-state index in [1.165, 1.54) is 18.3 Å². The molecule has 29 heavy (non-hydrogen) atoms. The maximum absolute atomic E-state index is 12.6. The summed E-state index contributed by atoms with van der Waals surface area (Å²) in [5.74, 6) is -0.477. The number of ether oxygens (including phenoxy) is 1. The molecule has 7 nitrogen and oxygen atoms in total. The molecule has 1 aliphatic carbocycles. The van der Waals surface area contributed by atoms with Gasteiger partial charge in [0, 0.05) is 24.3 Å². The molecule has 0 bridgehead atoms. The van der Waals surface area contributed by atoms with Crippen LogP contribution in [0.15, 0.2) is 52.1 Å². The van der Waals surface area contributed by atoms with E-state index in [-0.39, 0.29) is 17.2 Å². The molecular weight excluding hydrogens is 436 g/mol. The molecule has 1 aromatic carbocycles. The van der Waals surface area contributed by atoms with Gasteiger partial charge in [-0.05, 0) is 42.7 Å². The quantitative estimate of drug-likeness (QED) is 0.376. The van der Waals surface area contributed by atoms with Crippen LogP contribution >= 0.6 is 15.9 Å². The van der Waals surface area contributed by atoms with E-state index in [1.807, 2.05) is 24.3 Å². The minimum absolute atomic E-state index is 0.222. The van der Waals surface area contributed by atoms with Crippen LogP contribution in [0.5, 0.6) is 0 Å². The third-order valence-electron chi connectivity index (χ3n) is 5.15. The number of benzene rings is 1. The third kappa shape index (κ3) is 4.71. The Morgan fingerprint density at radius 3 is 2.52 bits per heavy atom. The van der Waals surface area contributed by atoms with Gasteiger partial charge in [0.1, 0.15) is 11.5 Å². The smallest absolute Gasteiger partial charge is 0.280 e. The Hall–Kier alpha value is -2.58. The van der Waals surface area contributed by atoms with E-state index in [0.29, 0.717) is 19.0 Å². The van der Waals surface area contributed by atoms with Crippen LogP contribution in [0.2, 0.25) is 0 Å². The molecule has 0 aliphatic heterocycles. The summed E-state index contributed by atoms with van der Waals surface area (Å²) in [5, 5.41) is 2.68. The molecule has 1 heterocycles. The molecule has 3 rings (SSSR count). The lowest BCUT2D eigenvalue weighted by atomic mass is 9.63. The fraction of sp³-hybridized carbons (Fsp3) is 0.333. The molecule has 1 aromatic heterocycles. The number of rotatable bonds is 7. The second kappa shape index (κ2) is 9.28. The molecule has 2 amide bonds. The van der Waals surface area contributed by atoms with Gasteiger partial charge < -0.3 is 15.8 Å². The number of aliphatic imine (C=N–C) groups is 1. The first kappa shape index (κ1) is 21.1. The molecule has 1 saturated carbocycles. The van der Waals surface area contributed by atoms with Gasteiger partial charge in [0.15, 0.2) is 0 Å². The van der Waals surface area contributed by atoms with Gasteiger partial charge in [0.25, 0.3) is 11.8 Å². The lowest BCUT2D eigenvalue weighted by molar-refractivity contribution is 0.0930. The lowest BCUT2D eigenvalue weighted by Crippen LogP contribution is -2.47. The minimum Gasteiger partial charge on any atom is -0.386 e. The highest BCUT2D eigenvalue weighted by Gasteiger charge is 2.42. The Labute approximate surface area is 177 Å². The van der Waals surface area contributed by atoms with Gasteiger partial charge in [-0.3, -0.25) is 14.6 Å². The highest BCUT2D eigenvalue weighted by atomic mass is 79.9. The van der Waals surface area contributed by atoms with Crippen LogP contribution in [-0.2, 0) is 10.2 Å². The molecule has 0 saturated heterocycles. The maximum Gasteiger partial charge on any atom is 0.280 e. The van der Waals surface area contributed by atoms with Crippen molar-refractivity contribution in [1.29, 1.82) is 0 Å². The summed E-state index contributed by atoms with van der Waals surface area (Å²) in [4.78, 5) is 32.8. The number of aromatic nitrogens is 1. The SMILES string of the molecule is COCCNC(=O)c1ccc(C(=O)N=C(N)C2(c3ccc(Br)cc3)CCC2)cn1. The number of halogens is 1. The molecule has 152 valence electrons. The molecule has 0 atom stereocenters. The number of carbonyl (C=O) groups excluding carboxylic acids is 2. The van der Waals surface area contributed by atoms with E-state index in [2.05, 4.69) is 31.2 Å². The zero-order valence-electron chi connectivity index (χ0n) is 16.2. The fourth-order valence-corrected chi connectivity index (χ4v) is 3.55. The number of hydrogen-bond donors (Lipinski definition) is 2. The first-order valence-corrected chi connectivity index (χ1v) is 10.1. The van der Waals surface area contributed by atoms with Crippen LogP contribution < -0.4 is 11.1 Å². The summed E-state index contributed by atoms with van der Waals surface area (Å²) in [5.41, 5.74) is 7.46. The number of amidine groups is 1. The average Bonchev–Trinajstić information content (AvgIpc) is 2.68. The minimum atomic E-state index is -0.468. The second-order valence-corrected chi connectivity index (χ2v) is 7.84. The van der Waals surface area contributed by atoms with E-state index in [9.17, 15) is 9.59 Å². The van der Waals surface area contributed by atoms with Gasteiger partial charge in [-0.1, -0.05) is 34.5 Å². The molecule has 0 unspecified atom stereocenters. The van der Waals surface area contributed by atoms with E-state index in [4.69, 9.17) is 10.5 Å². The van der Waals surface area contributed by atoms with Crippen molar-refractivity contribution in [3.63, 3.8) is 0 Å². The van der Waals surface area contributed by atoms with Crippen molar-refractivity contribution in [1.82, 2.24) is 10.3 Å². The number of nitrogens with one attached hydrogen (secondary N) is 1. The van der Waals surface area contributed by atoms with Gasteiger partial charge in [0.2, 0.25) is 0 Å². The van der Waals surface area contributed by atoms with Crippen LogP contribution in [-0.4, -0.2) is 42.9 Å². The first-order chi connectivity index (χ1) is 14.0. The van der Waals surface area contributed by atoms with Crippen molar-refractivity contribution in [2.75, 3.05) is 20.3 Å². The number of amides is 2. The Balaban J connectivity index is 1.73. The van der Waals surface area contributed by atoms with Crippen molar-refractivity contribution in [3.05, 3.63) is 63.9 Å². The monoisotopic (exact) mass is 458 g/mol. The number of carbonyl (C=O) groups is 2. The molecule has 3 N–H and O–H groups in total. The topological polar surface area (TPSA) is 107 Å². The molecular formula is C21H23BrN4O3. The van der Waals surface area contributed by atoms with Gasteiger partial charge in [0.05, 0.1) is 17.6 Å². The van der Waals surface area contributed by atoms with Crippen LogP contribution in [0, 0.1) is 0 Å². The zero-order valence-corrected chi connectivity index (χ0v) is 17.7.